The second-order valence-corrected chi connectivity index (χ2v) is 4.91. The summed E-state index contributed by atoms with van der Waals surface area (Å²) in [7, 11) is 0. The average Bonchev–Trinajstić information content (AvgIpc) is 2.38. The van der Waals surface area contributed by atoms with Gasteiger partial charge in [-0.15, -0.1) is 0 Å². The zero-order chi connectivity index (χ0) is 13.8. The Bertz CT molecular complexity index is 487. The molecular weight excluding hydrogens is 244 g/mol. The Morgan fingerprint density at radius 3 is 2.95 bits per heavy atom. The first-order chi connectivity index (χ1) is 9.09. The van der Waals surface area contributed by atoms with Crippen molar-refractivity contribution in [2.24, 2.45) is 0 Å². The maximum Gasteiger partial charge on any atom is 0.305 e. The van der Waals surface area contributed by atoms with E-state index in [1.165, 1.54) is 0 Å². The summed E-state index contributed by atoms with van der Waals surface area (Å²) in [6, 6.07) is 3.42. The van der Waals surface area contributed by atoms with Crippen molar-refractivity contribution < 1.29 is 14.7 Å². The van der Waals surface area contributed by atoms with E-state index in [4.69, 9.17) is 5.11 Å². The average molecular weight is 262 g/mol. The fraction of sp³-hybridized carbons (Fsp3) is 0.500. The molecule has 2 heterocycles. The van der Waals surface area contributed by atoms with Crippen LogP contribution in [0.3, 0.4) is 0 Å². The Morgan fingerprint density at radius 1 is 1.47 bits per heavy atom. The molecule has 1 aliphatic rings. The van der Waals surface area contributed by atoms with Crippen molar-refractivity contribution in [2.45, 2.75) is 38.6 Å². The Morgan fingerprint density at radius 2 is 2.26 bits per heavy atom. The van der Waals surface area contributed by atoms with E-state index in [-0.39, 0.29) is 18.4 Å². The van der Waals surface area contributed by atoms with Crippen molar-refractivity contribution in [1.29, 1.82) is 0 Å². The second-order valence-electron chi connectivity index (χ2n) is 4.91. The first-order valence-corrected chi connectivity index (χ1v) is 6.54. The summed E-state index contributed by atoms with van der Waals surface area (Å²) in [4.78, 5) is 29.2. The van der Waals surface area contributed by atoms with E-state index in [0.717, 1.165) is 24.8 Å². The number of hydrogen-bond acceptors (Lipinski definition) is 3. The molecule has 1 aliphatic heterocycles. The molecule has 1 saturated heterocycles. The number of aryl methyl sites for hydroxylation is 1. The molecule has 1 aromatic rings. The van der Waals surface area contributed by atoms with Gasteiger partial charge in [0.05, 0.1) is 6.42 Å². The molecule has 5 heteroatoms. The number of rotatable bonds is 3. The van der Waals surface area contributed by atoms with Crippen molar-refractivity contribution >= 4 is 11.9 Å². The number of pyridine rings is 1. The topological polar surface area (TPSA) is 70.5 Å². The zero-order valence-corrected chi connectivity index (χ0v) is 11.0. The van der Waals surface area contributed by atoms with Crippen LogP contribution in [0.15, 0.2) is 18.3 Å². The molecule has 1 unspecified atom stereocenters. The maximum absolute atomic E-state index is 12.5. The minimum Gasteiger partial charge on any atom is -0.481 e. The smallest absolute Gasteiger partial charge is 0.305 e. The lowest BCUT2D eigenvalue weighted by molar-refractivity contribution is -0.138. The van der Waals surface area contributed by atoms with E-state index in [1.54, 1.807) is 17.2 Å². The molecule has 1 atom stereocenters. The third kappa shape index (κ3) is 3.10. The van der Waals surface area contributed by atoms with Gasteiger partial charge in [-0.2, -0.15) is 0 Å². The molecule has 0 aliphatic carbocycles. The normalized spacial score (nSPS) is 19.2. The number of carboxylic acid groups (broad SMARTS) is 1. The number of piperidine rings is 1. The number of carboxylic acids is 1. The fourth-order valence-electron chi connectivity index (χ4n) is 2.53. The van der Waals surface area contributed by atoms with Gasteiger partial charge in [-0.3, -0.25) is 14.6 Å². The van der Waals surface area contributed by atoms with Gasteiger partial charge in [-0.05, 0) is 37.8 Å². The maximum atomic E-state index is 12.5. The number of aliphatic carboxylic acids is 1. The number of carbonyl (C=O) groups is 2. The lowest BCUT2D eigenvalue weighted by Crippen LogP contribution is -2.45. The predicted molar refractivity (Wildman–Crippen MR) is 69.9 cm³/mol. The predicted octanol–water partition coefficient (Wildman–Crippen LogP) is 1.86. The summed E-state index contributed by atoms with van der Waals surface area (Å²) in [6.07, 6.45) is 4.26. The van der Waals surface area contributed by atoms with E-state index in [1.807, 2.05) is 13.0 Å². The third-order valence-corrected chi connectivity index (χ3v) is 3.51. The summed E-state index contributed by atoms with van der Waals surface area (Å²) in [6.45, 7) is 2.46. The van der Waals surface area contributed by atoms with Crippen molar-refractivity contribution in [2.75, 3.05) is 6.54 Å². The molecule has 19 heavy (non-hydrogen) atoms. The van der Waals surface area contributed by atoms with Gasteiger partial charge >= 0.3 is 5.97 Å². The van der Waals surface area contributed by atoms with Gasteiger partial charge < -0.3 is 10.0 Å². The molecule has 1 N–H and O–H groups in total. The Labute approximate surface area is 112 Å². The molecule has 0 bridgehead atoms. The Kier molecular flexibility index (Phi) is 4.14. The second kappa shape index (κ2) is 5.82. The van der Waals surface area contributed by atoms with E-state index >= 15 is 0 Å². The molecule has 102 valence electrons. The molecule has 0 aromatic carbocycles. The third-order valence-electron chi connectivity index (χ3n) is 3.51. The van der Waals surface area contributed by atoms with E-state index in [2.05, 4.69) is 4.98 Å². The van der Waals surface area contributed by atoms with Crippen LogP contribution in [0.5, 0.6) is 0 Å². The molecule has 1 aromatic heterocycles. The highest BCUT2D eigenvalue weighted by atomic mass is 16.4. The van der Waals surface area contributed by atoms with Crippen molar-refractivity contribution in [3.05, 3.63) is 29.6 Å². The van der Waals surface area contributed by atoms with Crippen LogP contribution >= 0.6 is 0 Å². The quantitative estimate of drug-likeness (QED) is 0.902. The van der Waals surface area contributed by atoms with Crippen LogP contribution in [0.1, 0.15) is 41.7 Å². The van der Waals surface area contributed by atoms with Crippen LogP contribution in [0.25, 0.3) is 0 Å². The molecule has 1 fully saturated rings. The SMILES string of the molecule is Cc1cccnc1C(=O)N1CCCCC1CC(=O)O. The highest BCUT2D eigenvalue weighted by Gasteiger charge is 2.30. The highest BCUT2D eigenvalue weighted by Crippen LogP contribution is 2.22. The summed E-state index contributed by atoms with van der Waals surface area (Å²) >= 11 is 0. The number of nitrogens with zero attached hydrogens (tertiary/aromatic N) is 2. The van der Waals surface area contributed by atoms with Crippen LogP contribution < -0.4 is 0 Å². The number of amides is 1. The summed E-state index contributed by atoms with van der Waals surface area (Å²) < 4.78 is 0. The molecule has 5 nitrogen and oxygen atoms in total. The van der Waals surface area contributed by atoms with Crippen LogP contribution in [-0.4, -0.2) is 39.5 Å². The molecule has 2 rings (SSSR count). The fourth-order valence-corrected chi connectivity index (χ4v) is 2.53. The first-order valence-electron chi connectivity index (χ1n) is 6.54. The lowest BCUT2D eigenvalue weighted by atomic mass is 9.98. The van der Waals surface area contributed by atoms with Crippen LogP contribution in [0, 0.1) is 6.92 Å². The summed E-state index contributed by atoms with van der Waals surface area (Å²) in [5.74, 6) is -1.01. The van der Waals surface area contributed by atoms with Gasteiger partial charge in [0.25, 0.3) is 5.91 Å². The van der Waals surface area contributed by atoms with Crippen LogP contribution in [0.4, 0.5) is 0 Å². The first kappa shape index (κ1) is 13.5. The number of hydrogen-bond donors (Lipinski definition) is 1. The van der Waals surface area contributed by atoms with Crippen molar-refractivity contribution in [3.8, 4) is 0 Å². The molecule has 1 amide bonds. The molecule has 0 radical (unpaired) electrons. The summed E-state index contributed by atoms with van der Waals surface area (Å²) in [5, 5.41) is 8.94. The largest absolute Gasteiger partial charge is 0.481 e. The van der Waals surface area contributed by atoms with E-state index < -0.39 is 5.97 Å². The van der Waals surface area contributed by atoms with Crippen LogP contribution in [-0.2, 0) is 4.79 Å². The molecule has 0 spiro atoms. The van der Waals surface area contributed by atoms with Gasteiger partial charge in [-0.25, -0.2) is 0 Å². The standard InChI is InChI=1S/C14H18N2O3/c1-10-5-4-7-15-13(10)14(19)16-8-3-2-6-11(16)9-12(17)18/h4-5,7,11H,2-3,6,8-9H2,1H3,(H,17,18). The monoisotopic (exact) mass is 262 g/mol. The number of carbonyl (C=O) groups excluding carboxylic acids is 1. The highest BCUT2D eigenvalue weighted by molar-refractivity contribution is 5.94. The minimum atomic E-state index is -0.859. The number of likely N-dealkylation sites (tertiary alicyclic amines) is 1. The van der Waals surface area contributed by atoms with Gasteiger partial charge in [0, 0.05) is 18.8 Å². The van der Waals surface area contributed by atoms with E-state index in [9.17, 15) is 9.59 Å². The molecular formula is C14H18N2O3. The number of aromatic nitrogens is 1. The Hall–Kier alpha value is -1.91. The molecule has 0 saturated carbocycles. The summed E-state index contributed by atoms with van der Waals surface area (Å²) in [5.41, 5.74) is 1.26. The van der Waals surface area contributed by atoms with E-state index in [0.29, 0.717) is 12.2 Å². The minimum absolute atomic E-state index is 0.0115. The zero-order valence-electron chi connectivity index (χ0n) is 11.0. The van der Waals surface area contributed by atoms with Crippen molar-refractivity contribution in [1.82, 2.24) is 9.88 Å². The van der Waals surface area contributed by atoms with Gasteiger partial charge in [0.2, 0.25) is 0 Å². The van der Waals surface area contributed by atoms with Gasteiger partial charge in [-0.1, -0.05) is 6.07 Å². The van der Waals surface area contributed by atoms with Gasteiger partial charge in [0.15, 0.2) is 0 Å². The van der Waals surface area contributed by atoms with Gasteiger partial charge in [0.1, 0.15) is 5.69 Å². The Balaban J connectivity index is 2.20. The van der Waals surface area contributed by atoms with Crippen molar-refractivity contribution in [3.63, 3.8) is 0 Å². The lowest BCUT2D eigenvalue weighted by Gasteiger charge is -2.35. The van der Waals surface area contributed by atoms with Crippen LogP contribution in [0.2, 0.25) is 0 Å².